The molecule has 1 saturated carbocycles. The second-order valence-electron chi connectivity index (χ2n) is 16.9. The number of aromatic amines is 1. The number of fused-ring (bicyclic) bond motifs is 1. The molecule has 0 aliphatic heterocycles. The fourth-order valence-electron chi connectivity index (χ4n) is 7.15. The van der Waals surface area contributed by atoms with E-state index in [1.54, 1.807) is 26.8 Å². The first-order chi connectivity index (χ1) is 28.6. The maximum Gasteiger partial charge on any atom is 0.461 e. The summed E-state index contributed by atoms with van der Waals surface area (Å²) < 4.78 is 72.5. The Kier molecular flexibility index (Phi) is 14.8. The number of halogens is 5. The smallest absolute Gasteiger partial charge is 0.444 e. The van der Waals surface area contributed by atoms with Gasteiger partial charge in [-0.25, -0.2) is 9.78 Å². The molecule has 5 N–H and O–H groups in total. The molecule has 1 fully saturated rings. The molecule has 1 atom stereocenters. The van der Waals surface area contributed by atoms with Crippen LogP contribution in [-0.4, -0.2) is 90.2 Å². The lowest BCUT2D eigenvalue weighted by Gasteiger charge is -2.29. The average molecular weight is 856 g/mol. The summed E-state index contributed by atoms with van der Waals surface area (Å²) in [5.74, 6) is -8.21. The van der Waals surface area contributed by atoms with Crippen molar-refractivity contribution in [3.8, 4) is 11.1 Å². The molecule has 1 aliphatic rings. The van der Waals surface area contributed by atoms with Crippen molar-refractivity contribution < 1.29 is 45.9 Å². The fraction of sp³-hybridized carbons (Fsp3) is 0.477. The van der Waals surface area contributed by atoms with Crippen LogP contribution in [0.2, 0.25) is 0 Å². The third kappa shape index (κ3) is 12.7. The van der Waals surface area contributed by atoms with E-state index in [9.17, 15) is 41.1 Å². The normalized spacial score (nSPS) is 16.5. The number of alkyl halides is 5. The topological polar surface area (TPSA) is 158 Å². The van der Waals surface area contributed by atoms with Gasteiger partial charge in [-0.05, 0) is 139 Å². The van der Waals surface area contributed by atoms with Gasteiger partial charge in [-0.1, -0.05) is 30.3 Å². The standard InChI is InChI=1S/C44H54F5N7O5/c1-26-22-31(37(57)50-20-7-21-56(5)6)16-18-33(26)29-12-8-27(9-13-29)23-36(53-38(58)30-14-10-28(11-15-30)25-51-41(60)61-42(2,3)4)39(59)52-32-17-19-34-35(24-32)55-40(54-34)43(45,46)44(47,48)49/h8-9,12-13,16-19,22,24,28,30,36H,7,10-11,14-15,20-21,23,25H2,1-6H3,(H,50,57)(H,51,60)(H,52,59)(H,53,58)(H,54,55)/t28?,30?,36-/m0/s1. The summed E-state index contributed by atoms with van der Waals surface area (Å²) in [5.41, 5.74) is 3.03. The van der Waals surface area contributed by atoms with Crippen LogP contribution in [0.3, 0.4) is 0 Å². The Hall–Kier alpha value is -5.58. The number of imidazole rings is 1. The minimum absolute atomic E-state index is 0.0627. The number of carbonyl (C=O) groups excluding carboxylic acids is 4. The van der Waals surface area contributed by atoms with Crippen LogP contribution >= 0.6 is 0 Å². The average Bonchev–Trinajstić information content (AvgIpc) is 3.62. The predicted molar refractivity (Wildman–Crippen MR) is 222 cm³/mol. The van der Waals surface area contributed by atoms with E-state index in [4.69, 9.17) is 4.74 Å². The van der Waals surface area contributed by atoms with Crippen molar-refractivity contribution in [2.75, 3.05) is 39.0 Å². The van der Waals surface area contributed by atoms with Gasteiger partial charge in [0.2, 0.25) is 11.8 Å². The number of anilines is 1. The van der Waals surface area contributed by atoms with E-state index in [0.717, 1.165) is 29.7 Å². The van der Waals surface area contributed by atoms with Crippen LogP contribution in [0.1, 0.15) is 80.2 Å². The van der Waals surface area contributed by atoms with Crippen molar-refractivity contribution in [2.45, 2.75) is 90.0 Å². The molecule has 5 rings (SSSR count). The largest absolute Gasteiger partial charge is 0.461 e. The molecule has 12 nitrogen and oxygen atoms in total. The van der Waals surface area contributed by atoms with Gasteiger partial charge in [-0.15, -0.1) is 0 Å². The molecule has 3 aromatic carbocycles. The van der Waals surface area contributed by atoms with Gasteiger partial charge in [0, 0.05) is 36.7 Å². The summed E-state index contributed by atoms with van der Waals surface area (Å²) in [7, 11) is 3.95. The minimum Gasteiger partial charge on any atom is -0.444 e. The van der Waals surface area contributed by atoms with Crippen LogP contribution in [0.5, 0.6) is 0 Å². The summed E-state index contributed by atoms with van der Waals surface area (Å²) in [6, 6.07) is 15.5. The molecule has 17 heteroatoms. The highest BCUT2D eigenvalue weighted by Crippen LogP contribution is 2.43. The molecule has 0 unspecified atom stereocenters. The molecule has 1 aliphatic carbocycles. The fourth-order valence-corrected chi connectivity index (χ4v) is 7.15. The highest BCUT2D eigenvalue weighted by atomic mass is 19.4. The van der Waals surface area contributed by atoms with Crippen LogP contribution in [-0.2, 0) is 26.7 Å². The number of H-pyrrole nitrogens is 1. The second-order valence-corrected chi connectivity index (χ2v) is 16.9. The maximum atomic E-state index is 14.0. The number of hydrogen-bond acceptors (Lipinski definition) is 7. The third-order valence-electron chi connectivity index (χ3n) is 10.4. The lowest BCUT2D eigenvalue weighted by atomic mass is 9.81. The van der Waals surface area contributed by atoms with Crippen LogP contribution in [0.4, 0.5) is 32.4 Å². The van der Waals surface area contributed by atoms with Gasteiger partial charge in [0.05, 0.1) is 11.0 Å². The summed E-state index contributed by atoms with van der Waals surface area (Å²) in [5, 5.41) is 11.3. The zero-order valence-electron chi connectivity index (χ0n) is 35.2. The van der Waals surface area contributed by atoms with Gasteiger partial charge in [-0.3, -0.25) is 14.4 Å². The molecular weight excluding hydrogens is 802 g/mol. The number of aromatic nitrogens is 2. The number of aryl methyl sites for hydroxylation is 1. The Morgan fingerprint density at radius 3 is 2.21 bits per heavy atom. The summed E-state index contributed by atoms with van der Waals surface area (Å²) in [6.07, 6.45) is -3.13. The zero-order valence-corrected chi connectivity index (χ0v) is 35.2. The van der Waals surface area contributed by atoms with Crippen LogP contribution in [0, 0.1) is 18.8 Å². The number of nitrogens with zero attached hydrogens (tertiary/aromatic N) is 2. The van der Waals surface area contributed by atoms with Gasteiger partial charge in [-0.2, -0.15) is 22.0 Å². The molecule has 61 heavy (non-hydrogen) atoms. The first-order valence-corrected chi connectivity index (χ1v) is 20.3. The first kappa shape index (κ1) is 46.5. The first-order valence-electron chi connectivity index (χ1n) is 20.3. The molecule has 1 heterocycles. The lowest BCUT2D eigenvalue weighted by molar-refractivity contribution is -0.292. The van der Waals surface area contributed by atoms with Crippen LogP contribution < -0.4 is 21.3 Å². The van der Waals surface area contributed by atoms with Gasteiger partial charge < -0.3 is 35.9 Å². The van der Waals surface area contributed by atoms with Crippen LogP contribution in [0.15, 0.2) is 60.7 Å². The van der Waals surface area contributed by atoms with Crippen molar-refractivity contribution >= 4 is 40.5 Å². The zero-order chi connectivity index (χ0) is 44.7. The summed E-state index contributed by atoms with van der Waals surface area (Å²) >= 11 is 0. The van der Waals surface area contributed by atoms with E-state index in [-0.39, 0.29) is 40.9 Å². The monoisotopic (exact) mass is 855 g/mol. The highest BCUT2D eigenvalue weighted by Gasteiger charge is 2.61. The number of rotatable bonds is 15. The van der Waals surface area contributed by atoms with E-state index < -0.39 is 47.5 Å². The maximum absolute atomic E-state index is 14.0. The van der Waals surface area contributed by atoms with Gasteiger partial charge in [0.15, 0.2) is 5.82 Å². The van der Waals surface area contributed by atoms with E-state index in [2.05, 4.69) is 26.3 Å². The predicted octanol–water partition coefficient (Wildman–Crippen LogP) is 7.87. The van der Waals surface area contributed by atoms with Crippen molar-refractivity contribution in [1.82, 2.24) is 30.8 Å². The van der Waals surface area contributed by atoms with E-state index in [0.29, 0.717) is 49.9 Å². The molecule has 0 saturated heterocycles. The SMILES string of the molecule is Cc1cc(C(=O)NCCCN(C)C)ccc1-c1ccc(C[C@H](NC(=O)C2CCC(CNC(=O)OC(C)(C)C)CC2)C(=O)Nc2ccc3nc(C(F)(F)C(F)(F)F)[nH]c3c2)cc1. The van der Waals surface area contributed by atoms with Gasteiger partial charge in [0.1, 0.15) is 11.6 Å². The highest BCUT2D eigenvalue weighted by molar-refractivity contribution is 5.99. The Labute approximate surface area is 351 Å². The quantitative estimate of drug-likeness (QED) is 0.0602. The Morgan fingerprint density at radius 2 is 1.59 bits per heavy atom. The molecule has 0 spiro atoms. The number of carbonyl (C=O) groups is 4. The Balaban J connectivity index is 1.29. The van der Waals surface area contributed by atoms with Crippen molar-refractivity contribution in [1.29, 1.82) is 0 Å². The van der Waals surface area contributed by atoms with Gasteiger partial charge in [0.25, 0.3) is 5.91 Å². The number of amides is 4. The number of alkyl carbamates (subject to hydrolysis) is 1. The number of nitrogens with one attached hydrogen (secondary N) is 5. The number of benzene rings is 3. The molecule has 1 aromatic heterocycles. The number of ether oxygens (including phenoxy) is 1. The number of hydrogen-bond donors (Lipinski definition) is 5. The lowest BCUT2D eigenvalue weighted by Crippen LogP contribution is -2.48. The molecule has 4 amide bonds. The minimum atomic E-state index is -5.87. The molecule has 0 radical (unpaired) electrons. The van der Waals surface area contributed by atoms with E-state index >= 15 is 0 Å². The Morgan fingerprint density at radius 1 is 0.902 bits per heavy atom. The van der Waals surface area contributed by atoms with Gasteiger partial charge >= 0.3 is 18.2 Å². The van der Waals surface area contributed by atoms with E-state index in [1.165, 1.54) is 18.2 Å². The van der Waals surface area contributed by atoms with E-state index in [1.807, 2.05) is 67.3 Å². The molecule has 4 aromatic rings. The molecule has 0 bridgehead atoms. The van der Waals surface area contributed by atoms with Crippen molar-refractivity contribution in [2.24, 2.45) is 11.8 Å². The molecular formula is C44H54F5N7O5. The van der Waals surface area contributed by atoms with Crippen molar-refractivity contribution in [3.63, 3.8) is 0 Å². The van der Waals surface area contributed by atoms with Crippen molar-refractivity contribution in [3.05, 3.63) is 83.2 Å². The molecule has 330 valence electrons. The Bertz CT molecular complexity index is 2180. The van der Waals surface area contributed by atoms with Crippen LogP contribution in [0.25, 0.3) is 22.2 Å². The summed E-state index contributed by atoms with van der Waals surface area (Å²) in [6.45, 7) is 9.05. The summed E-state index contributed by atoms with van der Waals surface area (Å²) in [4.78, 5) is 60.0. The second kappa shape index (κ2) is 19.4. The third-order valence-corrected chi connectivity index (χ3v) is 10.4.